The molecule has 0 amide bonds. The Hall–Kier alpha value is -1.06. The Bertz CT molecular complexity index is 209. The van der Waals surface area contributed by atoms with Crippen molar-refractivity contribution in [3.8, 4) is 0 Å². The van der Waals surface area contributed by atoms with E-state index in [0.717, 1.165) is 12.8 Å². The Morgan fingerprint density at radius 2 is 1.35 bits per heavy atom. The third kappa shape index (κ3) is 11.2. The lowest BCUT2D eigenvalue weighted by Crippen LogP contribution is -2.12. The fourth-order valence-corrected chi connectivity index (χ4v) is 1.98. The van der Waals surface area contributed by atoms with Crippen LogP contribution in [0.3, 0.4) is 0 Å². The number of unbranched alkanes of at least 4 members (excludes halogenated alkanes) is 5. The topological polar surface area (TPSA) is 74.6 Å². The number of rotatable bonds is 11. The van der Waals surface area contributed by atoms with Gasteiger partial charge in [0.2, 0.25) is 0 Å². The molecule has 0 bridgehead atoms. The Morgan fingerprint density at radius 3 is 1.82 bits per heavy atom. The van der Waals surface area contributed by atoms with Crippen molar-refractivity contribution in [2.24, 2.45) is 5.92 Å². The van der Waals surface area contributed by atoms with Crippen LogP contribution in [0.15, 0.2) is 0 Å². The predicted molar refractivity (Wildman–Crippen MR) is 66.0 cm³/mol. The summed E-state index contributed by atoms with van der Waals surface area (Å²) in [6.07, 6.45) is 7.52. The Labute approximate surface area is 103 Å². The number of carboxylic acids is 2. The zero-order valence-electron chi connectivity index (χ0n) is 10.7. The molecule has 4 heteroatoms. The molecule has 0 aromatic carbocycles. The minimum atomic E-state index is -0.901. The highest BCUT2D eigenvalue weighted by molar-refractivity contribution is 5.70. The van der Waals surface area contributed by atoms with Gasteiger partial charge in [0.1, 0.15) is 0 Å². The first-order valence-electron chi connectivity index (χ1n) is 6.49. The smallest absolute Gasteiger partial charge is 0.303 e. The monoisotopic (exact) mass is 244 g/mol. The van der Waals surface area contributed by atoms with Gasteiger partial charge < -0.3 is 10.2 Å². The molecule has 0 fully saturated rings. The average Bonchev–Trinajstić information content (AvgIpc) is 2.21. The van der Waals surface area contributed by atoms with E-state index in [1.807, 2.05) is 0 Å². The quantitative estimate of drug-likeness (QED) is 0.547. The van der Waals surface area contributed by atoms with Gasteiger partial charge in [0.05, 0.1) is 0 Å². The maximum absolute atomic E-state index is 10.6. The molecule has 0 atom stereocenters. The van der Waals surface area contributed by atoms with Crippen LogP contribution in [0, 0.1) is 5.92 Å². The first-order chi connectivity index (χ1) is 8.06. The molecular formula is C13H24O4. The largest absolute Gasteiger partial charge is 0.481 e. The molecule has 100 valence electrons. The third-order valence-corrected chi connectivity index (χ3v) is 2.89. The molecule has 0 aromatic heterocycles. The first kappa shape index (κ1) is 15.9. The predicted octanol–water partition coefficient (Wildman–Crippen LogP) is 3.30. The van der Waals surface area contributed by atoms with Crippen LogP contribution in [0.1, 0.15) is 64.7 Å². The molecule has 0 saturated carbocycles. The van der Waals surface area contributed by atoms with Crippen molar-refractivity contribution in [1.29, 1.82) is 0 Å². The van der Waals surface area contributed by atoms with Crippen molar-refractivity contribution in [1.82, 2.24) is 0 Å². The third-order valence-electron chi connectivity index (χ3n) is 2.89. The average molecular weight is 244 g/mol. The number of aliphatic carboxylic acids is 2. The second-order valence-electron chi connectivity index (χ2n) is 4.62. The summed E-state index contributed by atoms with van der Waals surface area (Å²) in [7, 11) is 0. The molecular weight excluding hydrogens is 220 g/mol. The van der Waals surface area contributed by atoms with Crippen LogP contribution < -0.4 is 0 Å². The van der Waals surface area contributed by atoms with E-state index in [2.05, 4.69) is 6.92 Å². The minimum Gasteiger partial charge on any atom is -0.481 e. The van der Waals surface area contributed by atoms with Gasteiger partial charge in [-0.15, -0.1) is 0 Å². The summed E-state index contributed by atoms with van der Waals surface area (Å²) in [5.41, 5.74) is 0. The lowest BCUT2D eigenvalue weighted by atomic mass is 9.94. The number of hydrogen-bond donors (Lipinski definition) is 2. The molecule has 0 rings (SSSR count). The molecule has 0 spiro atoms. The van der Waals surface area contributed by atoms with Gasteiger partial charge in [0.15, 0.2) is 0 Å². The van der Waals surface area contributed by atoms with Crippen LogP contribution >= 0.6 is 0 Å². The van der Waals surface area contributed by atoms with Gasteiger partial charge in [0.25, 0.3) is 0 Å². The van der Waals surface area contributed by atoms with Crippen molar-refractivity contribution < 1.29 is 19.8 Å². The van der Waals surface area contributed by atoms with Crippen molar-refractivity contribution in [3.05, 3.63) is 0 Å². The molecule has 0 aromatic rings. The fourth-order valence-electron chi connectivity index (χ4n) is 1.98. The van der Waals surface area contributed by atoms with Crippen molar-refractivity contribution in [2.45, 2.75) is 64.7 Å². The zero-order chi connectivity index (χ0) is 13.1. The molecule has 0 aliphatic carbocycles. The number of hydrogen-bond acceptors (Lipinski definition) is 2. The van der Waals surface area contributed by atoms with Crippen LogP contribution in [0.4, 0.5) is 0 Å². The fraction of sp³-hybridized carbons (Fsp3) is 0.846. The van der Waals surface area contributed by atoms with Crippen LogP contribution in [-0.4, -0.2) is 22.2 Å². The lowest BCUT2D eigenvalue weighted by molar-refractivity contribution is -0.140. The molecule has 4 nitrogen and oxygen atoms in total. The molecule has 0 aliphatic heterocycles. The minimum absolute atomic E-state index is 0.0265. The summed E-state index contributed by atoms with van der Waals surface area (Å²) in [5.74, 6) is -2.01. The van der Waals surface area contributed by atoms with E-state index in [4.69, 9.17) is 10.2 Å². The second kappa shape index (κ2) is 10.1. The maximum atomic E-state index is 10.6. The Balaban J connectivity index is 3.68. The Morgan fingerprint density at radius 1 is 0.882 bits per heavy atom. The van der Waals surface area contributed by atoms with Gasteiger partial charge in [-0.2, -0.15) is 0 Å². The molecule has 0 unspecified atom stereocenters. The molecule has 17 heavy (non-hydrogen) atoms. The highest BCUT2D eigenvalue weighted by Gasteiger charge is 2.16. The van der Waals surface area contributed by atoms with Crippen LogP contribution in [0.25, 0.3) is 0 Å². The summed E-state index contributed by atoms with van der Waals surface area (Å²) in [6, 6.07) is 0. The highest BCUT2D eigenvalue weighted by Crippen LogP contribution is 2.18. The van der Waals surface area contributed by atoms with Crippen LogP contribution in [-0.2, 0) is 9.59 Å². The van der Waals surface area contributed by atoms with Gasteiger partial charge in [-0.25, -0.2) is 0 Å². The van der Waals surface area contributed by atoms with E-state index in [1.54, 1.807) is 0 Å². The molecule has 2 N–H and O–H groups in total. The van der Waals surface area contributed by atoms with Gasteiger partial charge >= 0.3 is 11.9 Å². The van der Waals surface area contributed by atoms with Gasteiger partial charge in [-0.3, -0.25) is 9.59 Å². The Kier molecular flexibility index (Phi) is 9.49. The van der Waals surface area contributed by atoms with Gasteiger partial charge in [-0.1, -0.05) is 45.4 Å². The summed E-state index contributed by atoms with van der Waals surface area (Å²) in [4.78, 5) is 21.1. The molecule has 0 heterocycles. The van der Waals surface area contributed by atoms with Gasteiger partial charge in [0, 0.05) is 12.8 Å². The van der Waals surface area contributed by atoms with Crippen LogP contribution in [0.5, 0.6) is 0 Å². The SMILES string of the molecule is CCCCCCCCC(CC(=O)O)CC(=O)O. The van der Waals surface area contributed by atoms with E-state index >= 15 is 0 Å². The normalized spacial score (nSPS) is 10.7. The van der Waals surface area contributed by atoms with Gasteiger partial charge in [-0.05, 0) is 12.3 Å². The number of carboxylic acid groups (broad SMARTS) is 2. The van der Waals surface area contributed by atoms with Crippen LogP contribution in [0.2, 0.25) is 0 Å². The zero-order valence-corrected chi connectivity index (χ0v) is 10.7. The molecule has 0 radical (unpaired) electrons. The lowest BCUT2D eigenvalue weighted by Gasteiger charge is -2.11. The highest BCUT2D eigenvalue weighted by atomic mass is 16.4. The molecule has 0 saturated heterocycles. The molecule has 0 aliphatic rings. The summed E-state index contributed by atoms with van der Waals surface area (Å²) >= 11 is 0. The second-order valence-corrected chi connectivity index (χ2v) is 4.62. The van der Waals surface area contributed by atoms with Crippen molar-refractivity contribution in [3.63, 3.8) is 0 Å². The first-order valence-corrected chi connectivity index (χ1v) is 6.49. The van der Waals surface area contributed by atoms with E-state index in [9.17, 15) is 9.59 Å². The van der Waals surface area contributed by atoms with E-state index < -0.39 is 11.9 Å². The van der Waals surface area contributed by atoms with Crippen molar-refractivity contribution in [2.75, 3.05) is 0 Å². The summed E-state index contributed by atoms with van der Waals surface area (Å²) < 4.78 is 0. The van der Waals surface area contributed by atoms with E-state index in [0.29, 0.717) is 6.42 Å². The summed E-state index contributed by atoms with van der Waals surface area (Å²) in [5, 5.41) is 17.4. The van der Waals surface area contributed by atoms with E-state index in [-0.39, 0.29) is 18.8 Å². The standard InChI is InChI=1S/C13H24O4/c1-2-3-4-5-6-7-8-11(9-12(14)15)10-13(16)17/h11H,2-10H2,1H3,(H,14,15)(H,16,17). The maximum Gasteiger partial charge on any atom is 0.303 e. The van der Waals surface area contributed by atoms with Crippen molar-refractivity contribution >= 4 is 11.9 Å². The summed E-state index contributed by atoms with van der Waals surface area (Å²) in [6.45, 7) is 2.16. The number of carbonyl (C=O) groups is 2. The van der Waals surface area contributed by atoms with E-state index in [1.165, 1.54) is 25.7 Å².